The number of nitrogens with one attached hydrogen (secondary N) is 1. The third-order valence-corrected chi connectivity index (χ3v) is 5.77. The van der Waals surface area contributed by atoms with E-state index in [0.717, 1.165) is 44.3 Å². The highest BCUT2D eigenvalue weighted by molar-refractivity contribution is 7.99. The molecule has 1 aliphatic carbocycles. The Hall–Kier alpha value is -1.20. The standard InChI is InChI=1S/C18H26N2O2S/c21-17(13-18(22)7-1-2-8-18)19-14-15-3-5-16(6-4-15)20-9-11-23-12-10-20/h3-6,22H,1-2,7-14H2,(H,19,21). The Morgan fingerprint density at radius 1 is 1.17 bits per heavy atom. The zero-order chi connectivity index (χ0) is 16.1. The van der Waals surface area contributed by atoms with Crippen molar-refractivity contribution in [2.24, 2.45) is 0 Å². The van der Waals surface area contributed by atoms with Gasteiger partial charge in [0.2, 0.25) is 5.91 Å². The number of nitrogens with zero attached hydrogens (tertiary/aromatic N) is 1. The average Bonchev–Trinajstić information content (AvgIpc) is 3.00. The molecule has 5 heteroatoms. The summed E-state index contributed by atoms with van der Waals surface area (Å²) in [5, 5.41) is 13.2. The van der Waals surface area contributed by atoms with Crippen molar-refractivity contribution in [2.75, 3.05) is 29.5 Å². The van der Waals surface area contributed by atoms with Crippen LogP contribution in [-0.4, -0.2) is 41.2 Å². The molecule has 0 aromatic heterocycles. The van der Waals surface area contributed by atoms with Gasteiger partial charge in [0.15, 0.2) is 0 Å². The van der Waals surface area contributed by atoms with Crippen LogP contribution in [0.4, 0.5) is 5.69 Å². The number of benzene rings is 1. The SMILES string of the molecule is O=C(CC1(O)CCCC1)NCc1ccc(N2CCSCC2)cc1. The molecule has 126 valence electrons. The molecular weight excluding hydrogens is 308 g/mol. The van der Waals surface area contributed by atoms with Gasteiger partial charge in [0.25, 0.3) is 0 Å². The van der Waals surface area contributed by atoms with Crippen LogP contribution in [0.25, 0.3) is 0 Å². The molecule has 3 rings (SSSR count). The van der Waals surface area contributed by atoms with Crippen LogP contribution < -0.4 is 10.2 Å². The molecule has 1 aliphatic heterocycles. The minimum atomic E-state index is -0.764. The van der Waals surface area contributed by atoms with Crippen LogP contribution >= 0.6 is 11.8 Å². The molecule has 2 fully saturated rings. The van der Waals surface area contributed by atoms with E-state index in [9.17, 15) is 9.90 Å². The number of thioether (sulfide) groups is 1. The van der Waals surface area contributed by atoms with Crippen LogP contribution in [-0.2, 0) is 11.3 Å². The van der Waals surface area contributed by atoms with Crippen molar-refractivity contribution in [2.45, 2.75) is 44.2 Å². The van der Waals surface area contributed by atoms with Crippen molar-refractivity contribution in [3.05, 3.63) is 29.8 Å². The molecule has 4 nitrogen and oxygen atoms in total. The summed E-state index contributed by atoms with van der Waals surface area (Å²) in [6.07, 6.45) is 3.80. The smallest absolute Gasteiger partial charge is 0.223 e. The quantitative estimate of drug-likeness (QED) is 0.869. The molecule has 2 N–H and O–H groups in total. The van der Waals surface area contributed by atoms with Crippen LogP contribution in [0, 0.1) is 0 Å². The predicted molar refractivity (Wildman–Crippen MR) is 95.9 cm³/mol. The number of rotatable bonds is 5. The molecule has 0 unspecified atom stereocenters. The summed E-state index contributed by atoms with van der Waals surface area (Å²) >= 11 is 2.01. The summed E-state index contributed by atoms with van der Waals surface area (Å²) in [4.78, 5) is 14.4. The molecule has 1 saturated carbocycles. The fourth-order valence-corrected chi connectivity index (χ4v) is 4.32. The van der Waals surface area contributed by atoms with Gasteiger partial charge in [-0.1, -0.05) is 25.0 Å². The maximum Gasteiger partial charge on any atom is 0.223 e. The van der Waals surface area contributed by atoms with E-state index in [2.05, 4.69) is 34.5 Å². The lowest BCUT2D eigenvalue weighted by Gasteiger charge is -2.28. The van der Waals surface area contributed by atoms with E-state index in [-0.39, 0.29) is 12.3 Å². The highest BCUT2D eigenvalue weighted by atomic mass is 32.2. The van der Waals surface area contributed by atoms with Gasteiger partial charge in [0.05, 0.1) is 12.0 Å². The number of hydrogen-bond donors (Lipinski definition) is 2. The number of carbonyl (C=O) groups is 1. The van der Waals surface area contributed by atoms with E-state index in [4.69, 9.17) is 0 Å². The first-order chi connectivity index (χ1) is 11.1. The van der Waals surface area contributed by atoms with Crippen LogP contribution in [0.1, 0.15) is 37.7 Å². The van der Waals surface area contributed by atoms with Crippen molar-refractivity contribution in [1.29, 1.82) is 0 Å². The lowest BCUT2D eigenvalue weighted by Crippen LogP contribution is -2.34. The minimum absolute atomic E-state index is 0.0495. The zero-order valence-electron chi connectivity index (χ0n) is 13.6. The number of aliphatic hydroxyl groups is 1. The summed E-state index contributed by atoms with van der Waals surface area (Å²) in [5.41, 5.74) is 1.60. The van der Waals surface area contributed by atoms with Gasteiger partial charge >= 0.3 is 0 Å². The molecule has 0 radical (unpaired) electrons. The first-order valence-electron chi connectivity index (χ1n) is 8.55. The van der Waals surface area contributed by atoms with E-state index < -0.39 is 5.60 Å². The molecule has 2 aliphatic rings. The second-order valence-electron chi connectivity index (χ2n) is 6.65. The lowest BCUT2D eigenvalue weighted by molar-refractivity contribution is -0.126. The van der Waals surface area contributed by atoms with Gasteiger partial charge in [-0.25, -0.2) is 0 Å². The van der Waals surface area contributed by atoms with Gasteiger partial charge < -0.3 is 15.3 Å². The molecule has 0 spiro atoms. The Balaban J connectivity index is 1.47. The van der Waals surface area contributed by atoms with Crippen LogP contribution in [0.3, 0.4) is 0 Å². The third-order valence-electron chi connectivity index (χ3n) is 4.83. The Labute approximate surface area is 142 Å². The Morgan fingerprint density at radius 2 is 1.83 bits per heavy atom. The van der Waals surface area contributed by atoms with E-state index >= 15 is 0 Å². The monoisotopic (exact) mass is 334 g/mol. The predicted octanol–water partition coefficient (Wildman–Crippen LogP) is 2.55. The van der Waals surface area contributed by atoms with Gasteiger partial charge in [0, 0.05) is 36.8 Å². The molecular formula is C18H26N2O2S. The van der Waals surface area contributed by atoms with Crippen LogP contribution in [0.2, 0.25) is 0 Å². The second-order valence-corrected chi connectivity index (χ2v) is 7.88. The molecule has 1 saturated heterocycles. The second kappa shape index (κ2) is 7.58. The fraction of sp³-hybridized carbons (Fsp3) is 0.611. The zero-order valence-corrected chi connectivity index (χ0v) is 14.4. The molecule has 23 heavy (non-hydrogen) atoms. The minimum Gasteiger partial charge on any atom is -0.389 e. The summed E-state index contributed by atoms with van der Waals surface area (Å²) < 4.78 is 0. The van der Waals surface area contributed by atoms with Crippen molar-refractivity contribution in [1.82, 2.24) is 5.32 Å². The Morgan fingerprint density at radius 3 is 2.48 bits per heavy atom. The third kappa shape index (κ3) is 4.64. The summed E-state index contributed by atoms with van der Waals surface area (Å²) in [6.45, 7) is 2.75. The first-order valence-corrected chi connectivity index (χ1v) is 9.71. The molecule has 1 amide bonds. The highest BCUT2D eigenvalue weighted by Gasteiger charge is 2.33. The summed E-state index contributed by atoms with van der Waals surface area (Å²) in [7, 11) is 0. The number of amides is 1. The van der Waals surface area contributed by atoms with Gasteiger partial charge in [-0.2, -0.15) is 11.8 Å². The Bertz CT molecular complexity index is 520. The lowest BCUT2D eigenvalue weighted by atomic mass is 9.97. The summed E-state index contributed by atoms with van der Waals surface area (Å²) in [5.74, 6) is 2.34. The van der Waals surface area contributed by atoms with Crippen LogP contribution in [0.5, 0.6) is 0 Å². The summed E-state index contributed by atoms with van der Waals surface area (Å²) in [6, 6.07) is 8.45. The molecule has 1 aromatic rings. The fourth-order valence-electron chi connectivity index (χ4n) is 3.42. The highest BCUT2D eigenvalue weighted by Crippen LogP contribution is 2.32. The van der Waals surface area contributed by atoms with Crippen molar-refractivity contribution < 1.29 is 9.90 Å². The van der Waals surface area contributed by atoms with Crippen molar-refractivity contribution >= 4 is 23.4 Å². The van der Waals surface area contributed by atoms with Crippen molar-refractivity contribution in [3.63, 3.8) is 0 Å². The number of hydrogen-bond acceptors (Lipinski definition) is 4. The van der Waals surface area contributed by atoms with E-state index in [1.165, 1.54) is 17.2 Å². The topological polar surface area (TPSA) is 52.6 Å². The van der Waals surface area contributed by atoms with Gasteiger partial charge in [-0.15, -0.1) is 0 Å². The van der Waals surface area contributed by atoms with E-state index in [1.807, 2.05) is 11.8 Å². The molecule has 1 heterocycles. The molecule has 0 bridgehead atoms. The molecule has 0 atom stereocenters. The van der Waals surface area contributed by atoms with Gasteiger partial charge in [0.1, 0.15) is 0 Å². The maximum absolute atomic E-state index is 12.0. The van der Waals surface area contributed by atoms with Gasteiger partial charge in [-0.05, 0) is 30.5 Å². The van der Waals surface area contributed by atoms with Gasteiger partial charge in [-0.3, -0.25) is 4.79 Å². The number of anilines is 1. The van der Waals surface area contributed by atoms with E-state index in [1.54, 1.807) is 0 Å². The first kappa shape index (κ1) is 16.7. The maximum atomic E-state index is 12.0. The van der Waals surface area contributed by atoms with Crippen LogP contribution in [0.15, 0.2) is 24.3 Å². The largest absolute Gasteiger partial charge is 0.389 e. The average molecular weight is 334 g/mol. The Kier molecular flexibility index (Phi) is 5.49. The molecule has 1 aromatic carbocycles. The normalized spacial score (nSPS) is 20.5. The van der Waals surface area contributed by atoms with E-state index in [0.29, 0.717) is 6.54 Å². The van der Waals surface area contributed by atoms with Crippen molar-refractivity contribution in [3.8, 4) is 0 Å². The number of carbonyl (C=O) groups excluding carboxylic acids is 1.